The minimum atomic E-state index is 1.09. The van der Waals surface area contributed by atoms with Crippen LogP contribution in [0, 0.1) is 0 Å². The number of hydrogen-bond donors (Lipinski definition) is 2. The molecule has 0 saturated carbocycles. The maximum atomic E-state index is 3.34. The molecule has 0 amide bonds. The third-order valence-electron chi connectivity index (χ3n) is 2.23. The molecule has 0 bridgehead atoms. The van der Waals surface area contributed by atoms with Crippen molar-refractivity contribution < 1.29 is 0 Å². The molecule has 2 N–H and O–H groups in total. The van der Waals surface area contributed by atoms with Crippen LogP contribution in [0.3, 0.4) is 0 Å². The third-order valence-corrected chi connectivity index (χ3v) is 2.23. The highest BCUT2D eigenvalue weighted by molar-refractivity contribution is 5.32. The van der Waals surface area contributed by atoms with Crippen molar-refractivity contribution in [2.75, 3.05) is 18.5 Å². The topological polar surface area (TPSA) is 31.1 Å². The van der Waals surface area contributed by atoms with E-state index in [2.05, 4.69) is 21.5 Å². The summed E-state index contributed by atoms with van der Waals surface area (Å²) >= 11 is 0. The van der Waals surface area contributed by atoms with Crippen molar-refractivity contribution in [1.82, 2.24) is 9.99 Å². The standard InChI is InChI=1S/C9H15N3/c1-2-7-12(8-3-1)11-9-5-4-6-10-9/h4-6,10-11H,1-3,7-8H2. The van der Waals surface area contributed by atoms with E-state index in [1.165, 1.54) is 32.4 Å². The van der Waals surface area contributed by atoms with Crippen LogP contribution in [-0.2, 0) is 0 Å². The average molecular weight is 165 g/mol. The van der Waals surface area contributed by atoms with Gasteiger partial charge in [0.15, 0.2) is 0 Å². The molecule has 12 heavy (non-hydrogen) atoms. The van der Waals surface area contributed by atoms with Gasteiger partial charge in [0.2, 0.25) is 0 Å². The van der Waals surface area contributed by atoms with E-state index >= 15 is 0 Å². The van der Waals surface area contributed by atoms with E-state index in [0.717, 1.165) is 5.82 Å². The van der Waals surface area contributed by atoms with Crippen molar-refractivity contribution in [2.45, 2.75) is 19.3 Å². The second kappa shape index (κ2) is 3.63. The maximum absolute atomic E-state index is 3.34. The first-order valence-corrected chi connectivity index (χ1v) is 4.60. The SMILES string of the molecule is c1c[nH]c(NN2CCCCC2)c1. The first-order valence-electron chi connectivity index (χ1n) is 4.60. The summed E-state index contributed by atoms with van der Waals surface area (Å²) in [5.74, 6) is 1.09. The zero-order chi connectivity index (χ0) is 8.23. The highest BCUT2D eigenvalue weighted by Gasteiger charge is 2.08. The molecule has 2 rings (SSSR count). The number of hydrogen-bond acceptors (Lipinski definition) is 2. The van der Waals surface area contributed by atoms with Gasteiger partial charge in [-0.15, -0.1) is 0 Å². The van der Waals surface area contributed by atoms with Crippen LogP contribution in [-0.4, -0.2) is 23.1 Å². The summed E-state index contributed by atoms with van der Waals surface area (Å²) in [4.78, 5) is 3.13. The number of rotatable bonds is 2. The normalized spacial score (nSPS) is 19.3. The van der Waals surface area contributed by atoms with Crippen molar-refractivity contribution in [3.8, 4) is 0 Å². The fourth-order valence-corrected chi connectivity index (χ4v) is 1.58. The summed E-state index contributed by atoms with van der Waals surface area (Å²) in [5, 5.41) is 2.27. The second-order valence-corrected chi connectivity index (χ2v) is 3.24. The van der Waals surface area contributed by atoms with Crippen LogP contribution < -0.4 is 5.43 Å². The minimum absolute atomic E-state index is 1.09. The number of piperidine rings is 1. The van der Waals surface area contributed by atoms with E-state index in [0.29, 0.717) is 0 Å². The lowest BCUT2D eigenvalue weighted by molar-refractivity contribution is 0.272. The Morgan fingerprint density at radius 2 is 2.08 bits per heavy atom. The van der Waals surface area contributed by atoms with Crippen molar-refractivity contribution >= 4 is 5.82 Å². The molecule has 1 fully saturated rings. The van der Waals surface area contributed by atoms with Gasteiger partial charge in [-0.05, 0) is 25.0 Å². The minimum Gasteiger partial charge on any atom is -0.347 e. The van der Waals surface area contributed by atoms with Gasteiger partial charge in [0.05, 0.1) is 0 Å². The van der Waals surface area contributed by atoms with E-state index in [1.54, 1.807) is 0 Å². The van der Waals surface area contributed by atoms with E-state index in [1.807, 2.05) is 12.3 Å². The number of aromatic amines is 1. The Morgan fingerprint density at radius 3 is 2.75 bits per heavy atom. The number of H-pyrrole nitrogens is 1. The summed E-state index contributed by atoms with van der Waals surface area (Å²) < 4.78 is 0. The molecule has 3 nitrogen and oxygen atoms in total. The lowest BCUT2D eigenvalue weighted by Gasteiger charge is -2.26. The van der Waals surface area contributed by atoms with Crippen LogP contribution in [0.2, 0.25) is 0 Å². The number of anilines is 1. The molecule has 2 heterocycles. The van der Waals surface area contributed by atoms with Gasteiger partial charge in [-0.3, -0.25) is 0 Å². The number of nitrogens with zero attached hydrogens (tertiary/aromatic N) is 1. The number of hydrazine groups is 1. The Balaban J connectivity index is 1.86. The number of nitrogens with one attached hydrogen (secondary N) is 2. The highest BCUT2D eigenvalue weighted by atomic mass is 15.5. The van der Waals surface area contributed by atoms with Gasteiger partial charge >= 0.3 is 0 Å². The first-order chi connectivity index (χ1) is 5.95. The van der Waals surface area contributed by atoms with Gasteiger partial charge in [-0.25, -0.2) is 5.01 Å². The van der Waals surface area contributed by atoms with Crippen LogP contribution >= 0.6 is 0 Å². The summed E-state index contributed by atoms with van der Waals surface area (Å²) in [5.41, 5.74) is 3.34. The molecule has 1 aliphatic heterocycles. The smallest absolute Gasteiger partial charge is 0.117 e. The van der Waals surface area contributed by atoms with Gasteiger partial charge in [-0.2, -0.15) is 0 Å². The molecular formula is C9H15N3. The molecule has 0 spiro atoms. The number of aromatic nitrogens is 1. The molecule has 1 saturated heterocycles. The Morgan fingerprint density at radius 1 is 1.25 bits per heavy atom. The molecular weight excluding hydrogens is 150 g/mol. The van der Waals surface area contributed by atoms with Gasteiger partial charge in [0.1, 0.15) is 5.82 Å². The van der Waals surface area contributed by atoms with Gasteiger partial charge in [0, 0.05) is 19.3 Å². The maximum Gasteiger partial charge on any atom is 0.117 e. The van der Waals surface area contributed by atoms with Crippen LogP contribution in [0.1, 0.15) is 19.3 Å². The van der Waals surface area contributed by atoms with E-state index in [9.17, 15) is 0 Å². The van der Waals surface area contributed by atoms with Crippen LogP contribution in [0.15, 0.2) is 18.3 Å². The molecule has 0 aromatic carbocycles. The van der Waals surface area contributed by atoms with E-state index < -0.39 is 0 Å². The van der Waals surface area contributed by atoms with E-state index in [-0.39, 0.29) is 0 Å². The summed E-state index contributed by atoms with van der Waals surface area (Å²) in [6, 6.07) is 4.06. The van der Waals surface area contributed by atoms with Crippen molar-refractivity contribution in [3.05, 3.63) is 18.3 Å². The van der Waals surface area contributed by atoms with Gasteiger partial charge < -0.3 is 10.4 Å². The fraction of sp³-hybridized carbons (Fsp3) is 0.556. The van der Waals surface area contributed by atoms with Crippen molar-refractivity contribution in [2.24, 2.45) is 0 Å². The zero-order valence-electron chi connectivity index (χ0n) is 7.21. The summed E-state index contributed by atoms with van der Waals surface area (Å²) in [6.07, 6.45) is 5.94. The largest absolute Gasteiger partial charge is 0.347 e. The molecule has 1 aromatic rings. The third kappa shape index (κ3) is 1.80. The Bertz CT molecular complexity index is 212. The zero-order valence-corrected chi connectivity index (χ0v) is 7.21. The van der Waals surface area contributed by atoms with Gasteiger partial charge in [0.25, 0.3) is 0 Å². The molecule has 66 valence electrons. The predicted molar refractivity (Wildman–Crippen MR) is 49.8 cm³/mol. The van der Waals surface area contributed by atoms with Crippen LogP contribution in [0.25, 0.3) is 0 Å². The molecule has 0 unspecified atom stereocenters. The fourth-order valence-electron chi connectivity index (χ4n) is 1.58. The van der Waals surface area contributed by atoms with Gasteiger partial charge in [-0.1, -0.05) is 6.42 Å². The van der Waals surface area contributed by atoms with Crippen molar-refractivity contribution in [1.29, 1.82) is 0 Å². The Kier molecular flexibility index (Phi) is 2.32. The summed E-state index contributed by atoms with van der Waals surface area (Å²) in [7, 11) is 0. The molecule has 1 aliphatic rings. The van der Waals surface area contributed by atoms with Crippen LogP contribution in [0.4, 0.5) is 5.82 Å². The molecule has 3 heteroatoms. The Labute approximate surface area is 72.7 Å². The van der Waals surface area contributed by atoms with E-state index in [4.69, 9.17) is 0 Å². The Hall–Kier alpha value is -0.960. The van der Waals surface area contributed by atoms with Crippen molar-refractivity contribution in [3.63, 3.8) is 0 Å². The summed E-state index contributed by atoms with van der Waals surface area (Å²) in [6.45, 7) is 2.33. The van der Waals surface area contributed by atoms with Crippen LogP contribution in [0.5, 0.6) is 0 Å². The predicted octanol–water partition coefficient (Wildman–Crippen LogP) is 1.83. The lowest BCUT2D eigenvalue weighted by Crippen LogP contribution is -2.34. The molecule has 0 aliphatic carbocycles. The molecule has 0 radical (unpaired) electrons. The molecule has 0 atom stereocenters. The lowest BCUT2D eigenvalue weighted by atomic mass is 10.2. The quantitative estimate of drug-likeness (QED) is 0.700. The monoisotopic (exact) mass is 165 g/mol. The average Bonchev–Trinajstić information content (AvgIpc) is 2.59. The molecule has 1 aromatic heterocycles. The highest BCUT2D eigenvalue weighted by Crippen LogP contribution is 2.10. The second-order valence-electron chi connectivity index (χ2n) is 3.24. The first kappa shape index (κ1) is 7.68.